The summed E-state index contributed by atoms with van der Waals surface area (Å²) in [5.74, 6) is 5.93. The number of allylic oxidation sites excluding steroid dienone is 4. The van der Waals surface area contributed by atoms with Crippen LogP contribution in [0.2, 0.25) is 0 Å². The van der Waals surface area contributed by atoms with E-state index in [0.717, 1.165) is 24.8 Å². The van der Waals surface area contributed by atoms with Crippen LogP contribution in [0.3, 0.4) is 0 Å². The van der Waals surface area contributed by atoms with Crippen LogP contribution in [0.15, 0.2) is 34.9 Å². The van der Waals surface area contributed by atoms with Crippen molar-refractivity contribution in [3.8, 4) is 11.8 Å². The summed E-state index contributed by atoms with van der Waals surface area (Å²) >= 11 is 0. The number of halogens is 2. The number of rotatable bonds is 1. The lowest BCUT2D eigenvalue weighted by molar-refractivity contribution is -0.114. The molecule has 0 heterocycles. The number of carbonyl (C=O) groups excluding carboxylic acids is 1. The van der Waals surface area contributed by atoms with E-state index in [9.17, 15) is 18.7 Å². The first-order valence-electron chi connectivity index (χ1n) is 13.0. The molecule has 0 aromatic heterocycles. The first-order chi connectivity index (χ1) is 16.3. The minimum atomic E-state index is -1.14. The quantitative estimate of drug-likeness (QED) is 0.443. The zero-order valence-corrected chi connectivity index (χ0v) is 21.5. The Bertz CT molecular complexity index is 1200. The number of fused-ring (bicyclic) bond motifs is 4. The monoisotopic (exact) mass is 478 g/mol. The number of carbonyl (C=O) groups is 1. The van der Waals surface area contributed by atoms with Gasteiger partial charge in [0.05, 0.1) is 0 Å². The Morgan fingerprint density at radius 1 is 1.09 bits per heavy atom. The van der Waals surface area contributed by atoms with Gasteiger partial charge in [0.25, 0.3) is 0 Å². The van der Waals surface area contributed by atoms with Gasteiger partial charge in [0, 0.05) is 28.7 Å². The van der Waals surface area contributed by atoms with E-state index in [1.54, 1.807) is 6.08 Å². The number of hydrogen-bond acceptors (Lipinski definition) is 2. The second-order valence-corrected chi connectivity index (χ2v) is 12.5. The van der Waals surface area contributed by atoms with Crippen LogP contribution >= 0.6 is 0 Å². The normalized spacial score (nSPS) is 34.5. The Morgan fingerprint density at radius 3 is 2.43 bits per heavy atom. The van der Waals surface area contributed by atoms with Gasteiger partial charge in [-0.25, -0.2) is 8.78 Å². The second kappa shape index (κ2) is 8.13. The summed E-state index contributed by atoms with van der Waals surface area (Å²) in [6, 6.07) is 2.97. The first kappa shape index (κ1) is 24.4. The molecule has 35 heavy (non-hydrogen) atoms. The molecule has 0 saturated heterocycles. The summed E-state index contributed by atoms with van der Waals surface area (Å²) in [4.78, 5) is 12.2. The lowest BCUT2D eigenvalue weighted by Gasteiger charge is -2.53. The van der Waals surface area contributed by atoms with E-state index in [1.165, 1.54) is 30.2 Å². The minimum absolute atomic E-state index is 0.0313. The topological polar surface area (TPSA) is 37.3 Å². The summed E-state index contributed by atoms with van der Waals surface area (Å²) < 4.78 is 29.6. The SMILES string of the molecule is Cc1c(F)cc([C@H]2C[C@@]3(C)[C@@H](CC[C@@]3(O)C#CC(C)(C)C)[C@@H]3CCC4=CC(=O)CCC4=C32)cc1F. The second-order valence-electron chi connectivity index (χ2n) is 12.5. The zero-order chi connectivity index (χ0) is 25.3. The van der Waals surface area contributed by atoms with Crippen molar-refractivity contribution < 1.29 is 18.7 Å². The van der Waals surface area contributed by atoms with Gasteiger partial charge < -0.3 is 5.11 Å². The van der Waals surface area contributed by atoms with E-state index < -0.39 is 22.7 Å². The fourth-order valence-electron chi connectivity index (χ4n) is 7.33. The van der Waals surface area contributed by atoms with Crippen LogP contribution < -0.4 is 0 Å². The smallest absolute Gasteiger partial charge is 0.156 e. The van der Waals surface area contributed by atoms with Crippen LogP contribution in [0.5, 0.6) is 0 Å². The fraction of sp³-hybridized carbons (Fsp3) is 0.581. The molecule has 186 valence electrons. The maximum absolute atomic E-state index is 14.8. The molecule has 2 fully saturated rings. The zero-order valence-electron chi connectivity index (χ0n) is 21.5. The Balaban J connectivity index is 1.70. The van der Waals surface area contributed by atoms with Crippen LogP contribution in [0.4, 0.5) is 8.78 Å². The van der Waals surface area contributed by atoms with Gasteiger partial charge in [-0.1, -0.05) is 24.3 Å². The van der Waals surface area contributed by atoms with Gasteiger partial charge in [0.2, 0.25) is 0 Å². The van der Waals surface area contributed by atoms with Gasteiger partial charge in [0.15, 0.2) is 5.78 Å². The fourth-order valence-corrected chi connectivity index (χ4v) is 7.33. The van der Waals surface area contributed by atoms with Gasteiger partial charge in [-0.15, -0.1) is 0 Å². The average molecular weight is 479 g/mol. The van der Waals surface area contributed by atoms with Crippen molar-refractivity contribution in [1.82, 2.24) is 0 Å². The van der Waals surface area contributed by atoms with Crippen molar-refractivity contribution >= 4 is 5.78 Å². The third-order valence-electron chi connectivity index (χ3n) is 9.24. The molecule has 1 aromatic rings. The third-order valence-corrected chi connectivity index (χ3v) is 9.24. The van der Waals surface area contributed by atoms with Gasteiger partial charge in [-0.3, -0.25) is 4.79 Å². The molecule has 5 rings (SSSR count). The highest BCUT2D eigenvalue weighted by atomic mass is 19.1. The van der Waals surface area contributed by atoms with Gasteiger partial charge in [-0.05, 0) is 113 Å². The molecule has 5 atom stereocenters. The lowest BCUT2D eigenvalue weighted by atomic mass is 9.51. The third kappa shape index (κ3) is 3.91. The Hall–Kier alpha value is -2.25. The van der Waals surface area contributed by atoms with Crippen LogP contribution in [0.1, 0.15) is 89.7 Å². The molecular formula is C31H36F2O2. The predicted molar refractivity (Wildman–Crippen MR) is 134 cm³/mol. The molecule has 2 saturated carbocycles. The van der Waals surface area contributed by atoms with Crippen molar-refractivity contribution in [2.24, 2.45) is 22.7 Å². The summed E-state index contributed by atoms with van der Waals surface area (Å²) in [5, 5.41) is 12.0. The van der Waals surface area contributed by atoms with Crippen LogP contribution in [-0.4, -0.2) is 16.5 Å². The molecule has 0 aliphatic heterocycles. The summed E-state index contributed by atoms with van der Waals surface area (Å²) in [6.07, 6.45) is 6.80. The van der Waals surface area contributed by atoms with E-state index >= 15 is 0 Å². The lowest BCUT2D eigenvalue weighted by Crippen LogP contribution is -2.51. The highest BCUT2D eigenvalue weighted by molar-refractivity contribution is 5.93. The Labute approximate surface area is 207 Å². The molecule has 4 heteroatoms. The van der Waals surface area contributed by atoms with Crippen molar-refractivity contribution in [3.05, 3.63) is 57.7 Å². The standard InChI is InChI=1S/C31H36F2O2/c1-18-26(32)15-20(16-27(18)33)24-17-30(5)25(10-11-31(30,35)13-12-29(2,3)4)23-8-6-19-14-21(34)7-9-22(19)28(23)24/h14-16,23-25,35H,6-11,17H2,1-5H3/t23-,24+,25-,30-,31+/m0/s1. The molecule has 0 amide bonds. The molecule has 0 radical (unpaired) electrons. The molecular weight excluding hydrogens is 442 g/mol. The number of benzene rings is 1. The maximum Gasteiger partial charge on any atom is 0.156 e. The summed E-state index contributed by atoms with van der Waals surface area (Å²) in [7, 11) is 0. The van der Waals surface area contributed by atoms with E-state index in [-0.39, 0.29) is 34.5 Å². The first-order valence-corrected chi connectivity index (χ1v) is 13.0. The summed E-state index contributed by atoms with van der Waals surface area (Å²) in [5.41, 5.74) is 2.40. The number of hydrogen-bond donors (Lipinski definition) is 1. The minimum Gasteiger partial charge on any atom is -0.377 e. The Kier molecular flexibility index (Phi) is 5.68. The Morgan fingerprint density at radius 2 is 1.77 bits per heavy atom. The molecule has 0 unspecified atom stereocenters. The molecule has 4 aliphatic carbocycles. The van der Waals surface area contributed by atoms with E-state index in [0.29, 0.717) is 31.2 Å². The van der Waals surface area contributed by atoms with Gasteiger partial charge in [0.1, 0.15) is 17.2 Å². The average Bonchev–Trinajstić information content (AvgIpc) is 3.05. The van der Waals surface area contributed by atoms with Gasteiger partial charge in [-0.2, -0.15) is 0 Å². The molecule has 4 aliphatic rings. The molecule has 1 aromatic carbocycles. The highest BCUT2D eigenvalue weighted by Crippen LogP contribution is 2.66. The van der Waals surface area contributed by atoms with Crippen molar-refractivity contribution in [3.63, 3.8) is 0 Å². The number of aliphatic hydroxyl groups is 1. The van der Waals surface area contributed by atoms with E-state index in [4.69, 9.17) is 0 Å². The largest absolute Gasteiger partial charge is 0.377 e. The molecule has 0 bridgehead atoms. The molecule has 2 nitrogen and oxygen atoms in total. The van der Waals surface area contributed by atoms with Crippen LogP contribution in [0, 0.1) is 53.1 Å². The maximum atomic E-state index is 14.8. The highest BCUT2D eigenvalue weighted by Gasteiger charge is 2.62. The van der Waals surface area contributed by atoms with Gasteiger partial charge >= 0.3 is 0 Å². The van der Waals surface area contributed by atoms with Crippen LogP contribution in [-0.2, 0) is 4.79 Å². The predicted octanol–water partition coefficient (Wildman–Crippen LogP) is 6.95. The molecule has 1 N–H and O–H groups in total. The van der Waals surface area contributed by atoms with Crippen LogP contribution in [0.25, 0.3) is 0 Å². The van der Waals surface area contributed by atoms with Crippen molar-refractivity contribution in [2.75, 3.05) is 0 Å². The molecule has 0 spiro atoms. The summed E-state index contributed by atoms with van der Waals surface area (Å²) in [6.45, 7) is 9.74. The van der Waals surface area contributed by atoms with Crippen molar-refractivity contribution in [1.29, 1.82) is 0 Å². The number of ketones is 1. The van der Waals surface area contributed by atoms with E-state index in [1.807, 2.05) is 20.8 Å². The van der Waals surface area contributed by atoms with E-state index in [2.05, 4.69) is 18.8 Å². The van der Waals surface area contributed by atoms with Crippen molar-refractivity contribution in [2.45, 2.75) is 91.1 Å².